The fourth-order valence-electron chi connectivity index (χ4n) is 1.35. The van der Waals surface area contributed by atoms with Gasteiger partial charge in [-0.3, -0.25) is 0 Å². The van der Waals surface area contributed by atoms with E-state index in [1.165, 1.54) is 0 Å². The molecule has 0 radical (unpaired) electrons. The molecular formula is C12H20ClN3. The molecule has 16 heavy (non-hydrogen) atoms. The van der Waals surface area contributed by atoms with Gasteiger partial charge in [0.05, 0.1) is 0 Å². The third-order valence-electron chi connectivity index (χ3n) is 2.34. The molecule has 0 saturated carbocycles. The van der Waals surface area contributed by atoms with E-state index in [1.54, 1.807) is 6.07 Å². The summed E-state index contributed by atoms with van der Waals surface area (Å²) in [5, 5.41) is 3.82. The smallest absolute Gasteiger partial charge is 0.134 e. The summed E-state index contributed by atoms with van der Waals surface area (Å²) in [5.41, 5.74) is 0. The van der Waals surface area contributed by atoms with Crippen molar-refractivity contribution in [2.75, 3.05) is 5.32 Å². The van der Waals surface area contributed by atoms with Crippen LogP contribution < -0.4 is 5.32 Å². The molecule has 0 aromatic carbocycles. The van der Waals surface area contributed by atoms with E-state index in [0.717, 1.165) is 24.5 Å². The van der Waals surface area contributed by atoms with Gasteiger partial charge >= 0.3 is 0 Å². The van der Waals surface area contributed by atoms with Crippen molar-refractivity contribution < 1.29 is 0 Å². The molecule has 0 fully saturated rings. The van der Waals surface area contributed by atoms with Gasteiger partial charge in [-0.2, -0.15) is 0 Å². The number of hydrogen-bond donors (Lipinski definition) is 1. The summed E-state index contributed by atoms with van der Waals surface area (Å²) >= 11 is 5.97. The zero-order valence-electron chi connectivity index (χ0n) is 10.4. The molecule has 1 atom stereocenters. The van der Waals surface area contributed by atoms with E-state index in [4.69, 9.17) is 11.6 Å². The average Bonchev–Trinajstić information content (AvgIpc) is 2.15. The molecule has 0 saturated heterocycles. The second-order valence-corrected chi connectivity index (χ2v) is 4.93. The first kappa shape index (κ1) is 13.2. The number of anilines is 1. The number of rotatable bonds is 5. The number of hydrogen-bond acceptors (Lipinski definition) is 3. The van der Waals surface area contributed by atoms with Crippen molar-refractivity contribution in [1.82, 2.24) is 9.97 Å². The summed E-state index contributed by atoms with van der Waals surface area (Å²) in [6, 6.07) is 2.18. The topological polar surface area (TPSA) is 37.8 Å². The van der Waals surface area contributed by atoms with Gasteiger partial charge in [-0.15, -0.1) is 0 Å². The zero-order valence-corrected chi connectivity index (χ0v) is 11.2. The van der Waals surface area contributed by atoms with Crippen LogP contribution in [-0.4, -0.2) is 16.0 Å². The van der Waals surface area contributed by atoms with E-state index in [2.05, 4.69) is 43.0 Å². The molecule has 1 unspecified atom stereocenters. The Morgan fingerprint density at radius 2 is 2.00 bits per heavy atom. The Hall–Kier alpha value is -0.830. The minimum absolute atomic E-state index is 0.401. The molecule has 0 spiro atoms. The van der Waals surface area contributed by atoms with Gasteiger partial charge in [0.1, 0.15) is 16.8 Å². The fourth-order valence-corrected chi connectivity index (χ4v) is 1.55. The second-order valence-electron chi connectivity index (χ2n) is 4.54. The van der Waals surface area contributed by atoms with Crippen LogP contribution in [0, 0.1) is 5.92 Å². The number of halogens is 1. The van der Waals surface area contributed by atoms with Gasteiger partial charge in [0.15, 0.2) is 0 Å². The normalized spacial score (nSPS) is 12.9. The Bertz CT molecular complexity index is 339. The van der Waals surface area contributed by atoms with Crippen LogP contribution in [0.15, 0.2) is 6.07 Å². The molecule has 0 bridgehead atoms. The van der Waals surface area contributed by atoms with Gasteiger partial charge in [0.2, 0.25) is 0 Å². The molecule has 1 aromatic rings. The molecule has 4 heteroatoms. The van der Waals surface area contributed by atoms with Gasteiger partial charge in [-0.25, -0.2) is 9.97 Å². The van der Waals surface area contributed by atoms with E-state index in [9.17, 15) is 0 Å². The van der Waals surface area contributed by atoms with Gasteiger partial charge in [0, 0.05) is 18.5 Å². The largest absolute Gasteiger partial charge is 0.367 e. The maximum atomic E-state index is 5.97. The van der Waals surface area contributed by atoms with Crippen LogP contribution in [-0.2, 0) is 6.42 Å². The van der Waals surface area contributed by atoms with E-state index in [-0.39, 0.29) is 0 Å². The molecule has 90 valence electrons. The molecule has 0 aliphatic heterocycles. The highest BCUT2D eigenvalue weighted by molar-refractivity contribution is 6.29. The highest BCUT2D eigenvalue weighted by Gasteiger charge is 2.07. The Morgan fingerprint density at radius 3 is 2.56 bits per heavy atom. The zero-order chi connectivity index (χ0) is 12.1. The number of nitrogens with zero attached hydrogens (tertiary/aromatic N) is 2. The third-order valence-corrected chi connectivity index (χ3v) is 2.53. The first-order valence-electron chi connectivity index (χ1n) is 5.81. The Kier molecular flexibility index (Phi) is 5.00. The Morgan fingerprint density at radius 1 is 1.31 bits per heavy atom. The highest BCUT2D eigenvalue weighted by atomic mass is 35.5. The summed E-state index contributed by atoms with van der Waals surface area (Å²) in [6.45, 7) is 8.55. The fraction of sp³-hybridized carbons (Fsp3) is 0.667. The average molecular weight is 242 g/mol. The quantitative estimate of drug-likeness (QED) is 0.802. The van der Waals surface area contributed by atoms with Crippen molar-refractivity contribution in [2.24, 2.45) is 5.92 Å². The first-order chi connectivity index (χ1) is 7.51. The SMILES string of the molecule is CCC(C)Nc1cc(Cl)nc(CC(C)C)n1. The van der Waals surface area contributed by atoms with Crippen LogP contribution in [0.4, 0.5) is 5.82 Å². The van der Waals surface area contributed by atoms with Crippen LogP contribution >= 0.6 is 11.6 Å². The lowest BCUT2D eigenvalue weighted by molar-refractivity contribution is 0.620. The summed E-state index contributed by atoms with van der Waals surface area (Å²) in [5.74, 6) is 2.17. The second kappa shape index (κ2) is 6.04. The summed E-state index contributed by atoms with van der Waals surface area (Å²) in [7, 11) is 0. The van der Waals surface area contributed by atoms with Crippen LogP contribution in [0.25, 0.3) is 0 Å². The molecule has 0 aliphatic carbocycles. The molecule has 1 N–H and O–H groups in total. The van der Waals surface area contributed by atoms with Crippen molar-refractivity contribution in [2.45, 2.75) is 46.6 Å². The van der Waals surface area contributed by atoms with Gasteiger partial charge in [-0.05, 0) is 19.3 Å². The van der Waals surface area contributed by atoms with Crippen molar-refractivity contribution in [1.29, 1.82) is 0 Å². The maximum Gasteiger partial charge on any atom is 0.134 e. The molecule has 0 aliphatic rings. The van der Waals surface area contributed by atoms with E-state index in [1.807, 2.05) is 0 Å². The molecule has 1 heterocycles. The monoisotopic (exact) mass is 241 g/mol. The molecule has 1 aromatic heterocycles. The molecular weight excluding hydrogens is 222 g/mol. The Labute approximate surface area is 103 Å². The molecule has 3 nitrogen and oxygen atoms in total. The van der Waals surface area contributed by atoms with Crippen LogP contribution in [0.5, 0.6) is 0 Å². The van der Waals surface area contributed by atoms with E-state index < -0.39 is 0 Å². The van der Waals surface area contributed by atoms with Gasteiger partial charge in [0.25, 0.3) is 0 Å². The van der Waals surface area contributed by atoms with Crippen molar-refractivity contribution >= 4 is 17.4 Å². The third kappa shape index (κ3) is 4.35. The Balaban J connectivity index is 2.81. The van der Waals surface area contributed by atoms with Crippen LogP contribution in [0.2, 0.25) is 5.15 Å². The lowest BCUT2D eigenvalue weighted by Crippen LogP contribution is -2.15. The summed E-state index contributed by atoms with van der Waals surface area (Å²) in [6.07, 6.45) is 1.91. The van der Waals surface area contributed by atoms with Crippen LogP contribution in [0.3, 0.4) is 0 Å². The van der Waals surface area contributed by atoms with Gasteiger partial charge in [-0.1, -0.05) is 32.4 Å². The molecule has 1 rings (SSSR count). The molecule has 0 amide bonds. The summed E-state index contributed by atoms with van der Waals surface area (Å²) in [4.78, 5) is 8.68. The lowest BCUT2D eigenvalue weighted by Gasteiger charge is -2.13. The predicted molar refractivity (Wildman–Crippen MR) is 69.0 cm³/mol. The first-order valence-corrected chi connectivity index (χ1v) is 6.19. The minimum atomic E-state index is 0.401. The van der Waals surface area contributed by atoms with Crippen LogP contribution in [0.1, 0.15) is 39.9 Å². The maximum absolute atomic E-state index is 5.97. The highest BCUT2D eigenvalue weighted by Crippen LogP contribution is 2.15. The van der Waals surface area contributed by atoms with E-state index >= 15 is 0 Å². The van der Waals surface area contributed by atoms with Crippen molar-refractivity contribution in [3.05, 3.63) is 17.0 Å². The minimum Gasteiger partial charge on any atom is -0.367 e. The number of nitrogens with one attached hydrogen (secondary N) is 1. The summed E-state index contributed by atoms with van der Waals surface area (Å²) < 4.78 is 0. The number of aromatic nitrogens is 2. The lowest BCUT2D eigenvalue weighted by atomic mass is 10.1. The van der Waals surface area contributed by atoms with Crippen molar-refractivity contribution in [3.8, 4) is 0 Å². The van der Waals surface area contributed by atoms with Crippen molar-refractivity contribution in [3.63, 3.8) is 0 Å². The standard InChI is InChI=1S/C12H20ClN3/c1-5-9(4)14-12-7-10(13)15-11(16-12)6-8(2)3/h7-9H,5-6H2,1-4H3,(H,14,15,16). The predicted octanol–water partition coefficient (Wildman–Crippen LogP) is 3.54. The van der Waals surface area contributed by atoms with Gasteiger partial charge < -0.3 is 5.32 Å². The van der Waals surface area contributed by atoms with E-state index in [0.29, 0.717) is 17.1 Å².